The van der Waals surface area contributed by atoms with Gasteiger partial charge in [-0.3, -0.25) is 37.3 Å². The molecular weight excluding hydrogens is 1310 g/mol. The Bertz CT molecular complexity index is 2010. The van der Waals surface area contributed by atoms with Crippen LogP contribution in [0, 0.1) is 5.92 Å². The van der Waals surface area contributed by atoms with E-state index < -0.39 is 97.5 Å². The van der Waals surface area contributed by atoms with Crippen LogP contribution in [0.2, 0.25) is 0 Å². The molecule has 0 aliphatic rings. The Balaban J connectivity index is 5.30. The highest BCUT2D eigenvalue weighted by Gasteiger charge is 2.30. The minimum atomic E-state index is -4.97. The van der Waals surface area contributed by atoms with Crippen molar-refractivity contribution >= 4 is 39.5 Å². The van der Waals surface area contributed by atoms with Gasteiger partial charge in [-0.25, -0.2) is 9.13 Å². The van der Waals surface area contributed by atoms with Crippen molar-refractivity contribution in [1.29, 1.82) is 0 Å². The fourth-order valence-electron chi connectivity index (χ4n) is 12.0. The van der Waals surface area contributed by atoms with Crippen molar-refractivity contribution in [3.63, 3.8) is 0 Å². The second kappa shape index (κ2) is 73.4. The first-order valence-corrected chi connectivity index (χ1v) is 44.5. The third-order valence-corrected chi connectivity index (χ3v) is 20.7. The molecule has 0 aliphatic carbocycles. The molecule has 3 N–H and O–H groups in total. The van der Waals surface area contributed by atoms with Gasteiger partial charge in [0.15, 0.2) is 12.2 Å². The molecule has 0 aromatic heterocycles. The van der Waals surface area contributed by atoms with Gasteiger partial charge < -0.3 is 33.8 Å². The Hall–Kier alpha value is -2.46. The number of ether oxygens (including phenoxy) is 4. The maximum Gasteiger partial charge on any atom is 0.472 e. The molecule has 100 heavy (non-hydrogen) atoms. The molecule has 0 amide bonds. The van der Waals surface area contributed by atoms with Gasteiger partial charge in [-0.15, -0.1) is 0 Å². The van der Waals surface area contributed by atoms with E-state index in [1.165, 1.54) is 212 Å². The average molecular weight is 1460 g/mol. The molecule has 0 aromatic rings. The first-order chi connectivity index (χ1) is 48.6. The van der Waals surface area contributed by atoms with E-state index >= 15 is 0 Å². The number of unbranched alkanes of at least 4 members (excludes halogenated alkanes) is 47. The van der Waals surface area contributed by atoms with Crippen LogP contribution in [0.4, 0.5) is 0 Å². The minimum absolute atomic E-state index is 0.102. The van der Waals surface area contributed by atoms with Crippen molar-refractivity contribution in [1.82, 2.24) is 0 Å². The van der Waals surface area contributed by atoms with Crippen LogP contribution >= 0.6 is 15.6 Å². The molecule has 17 nitrogen and oxygen atoms in total. The summed E-state index contributed by atoms with van der Waals surface area (Å²) in [6, 6.07) is 0. The van der Waals surface area contributed by atoms with Crippen LogP contribution in [0.5, 0.6) is 0 Å². The van der Waals surface area contributed by atoms with Crippen LogP contribution in [0.3, 0.4) is 0 Å². The minimum Gasteiger partial charge on any atom is -0.462 e. The zero-order chi connectivity index (χ0) is 73.4. The number of aliphatic hydroxyl groups excluding tert-OH is 1. The van der Waals surface area contributed by atoms with E-state index in [4.69, 9.17) is 37.0 Å². The van der Waals surface area contributed by atoms with E-state index in [1.54, 1.807) is 0 Å². The molecule has 0 saturated heterocycles. The Morgan fingerprint density at radius 1 is 0.320 bits per heavy atom. The number of carbonyl (C=O) groups is 4. The lowest BCUT2D eigenvalue weighted by Gasteiger charge is -2.21. The van der Waals surface area contributed by atoms with E-state index in [1.807, 2.05) is 0 Å². The summed E-state index contributed by atoms with van der Waals surface area (Å²) in [4.78, 5) is 73.0. The smallest absolute Gasteiger partial charge is 0.462 e. The second-order valence-electron chi connectivity index (χ2n) is 28.7. The average Bonchev–Trinajstić information content (AvgIpc) is 0.950. The fraction of sp³-hybridized carbons (Fsp3) is 0.901. The third kappa shape index (κ3) is 72.5. The van der Waals surface area contributed by atoms with Gasteiger partial charge in [-0.1, -0.05) is 354 Å². The number of hydrogen-bond acceptors (Lipinski definition) is 15. The lowest BCUT2D eigenvalue weighted by molar-refractivity contribution is -0.161. The quantitative estimate of drug-likeness (QED) is 0.0169. The molecule has 0 bridgehead atoms. The van der Waals surface area contributed by atoms with Crippen molar-refractivity contribution in [3.05, 3.63) is 24.3 Å². The molecule has 19 heteroatoms. The van der Waals surface area contributed by atoms with Crippen molar-refractivity contribution in [2.24, 2.45) is 5.92 Å². The Morgan fingerprint density at radius 3 is 0.850 bits per heavy atom. The van der Waals surface area contributed by atoms with Crippen LogP contribution in [0.25, 0.3) is 0 Å². The van der Waals surface area contributed by atoms with Crippen LogP contribution in [-0.4, -0.2) is 96.7 Å². The van der Waals surface area contributed by atoms with Gasteiger partial charge in [-0.2, -0.15) is 0 Å². The van der Waals surface area contributed by atoms with Crippen molar-refractivity contribution in [2.45, 2.75) is 425 Å². The van der Waals surface area contributed by atoms with Gasteiger partial charge in [-0.05, 0) is 57.3 Å². The summed E-state index contributed by atoms with van der Waals surface area (Å²) in [5, 5.41) is 10.6. The predicted octanol–water partition coefficient (Wildman–Crippen LogP) is 24.0. The molecule has 0 spiro atoms. The standard InChI is InChI=1S/C81H154O17P2/c1-6-10-13-16-19-22-25-28-31-32-33-36-39-42-45-52-57-62-67-80(85)97-76(70-91-78(83)64-59-54-49-43-40-37-34-29-26-23-20-17-14-11-7-2)72-95-99(87,88)93-68-75(82)69-94-100(89,90)96-73-77(71-92-79(84)65-60-55-50-47-46-48-53-58-63-74(5)9-4)98-81(86)66-61-56-51-44-41-38-35-30-27-24-21-18-15-12-8-3/h23,26,29,34,74-77,82H,6-22,24-25,27-28,30-33,35-73H2,1-5H3,(H,87,88)(H,89,90)/b26-23-,34-29-/t74?,75-,76-,77-/m1/s1. The van der Waals surface area contributed by atoms with Crippen LogP contribution in [0.15, 0.2) is 24.3 Å². The van der Waals surface area contributed by atoms with Gasteiger partial charge in [0.05, 0.1) is 26.4 Å². The summed E-state index contributed by atoms with van der Waals surface area (Å²) < 4.78 is 68.7. The first kappa shape index (κ1) is 97.5. The number of esters is 4. The zero-order valence-corrected chi connectivity index (χ0v) is 66.6. The topological polar surface area (TPSA) is 237 Å². The van der Waals surface area contributed by atoms with Crippen LogP contribution < -0.4 is 0 Å². The summed E-state index contributed by atoms with van der Waals surface area (Å²) in [7, 11) is -9.93. The molecule has 0 aliphatic heterocycles. The summed E-state index contributed by atoms with van der Waals surface area (Å²) in [5.41, 5.74) is 0. The Morgan fingerprint density at radius 2 is 0.560 bits per heavy atom. The largest absolute Gasteiger partial charge is 0.472 e. The normalized spacial score (nSPS) is 14.3. The molecule has 0 heterocycles. The lowest BCUT2D eigenvalue weighted by Crippen LogP contribution is -2.30. The number of phosphoric ester groups is 2. The number of aliphatic hydroxyl groups is 1. The van der Waals surface area contributed by atoms with Gasteiger partial charge in [0.2, 0.25) is 0 Å². The van der Waals surface area contributed by atoms with Crippen molar-refractivity contribution in [2.75, 3.05) is 39.6 Å². The number of hydrogen-bond donors (Lipinski definition) is 3. The molecule has 0 fully saturated rings. The fourth-order valence-corrected chi connectivity index (χ4v) is 13.6. The SMILES string of the molecule is CCCCCC/C=C\C=C/CCCCCCCC(=O)OC[C@H](COP(=O)(O)OC[C@@H](O)COP(=O)(O)OC[C@@H](COC(=O)CCCCCCCCCCC(C)CC)OC(=O)CCCCCCCCCCCCCCCCC)OC(=O)CCCCCCCCCCCCCCCCCCCC. The molecule has 0 rings (SSSR count). The lowest BCUT2D eigenvalue weighted by atomic mass is 9.99. The van der Waals surface area contributed by atoms with Crippen molar-refractivity contribution in [3.8, 4) is 0 Å². The zero-order valence-electron chi connectivity index (χ0n) is 64.8. The molecule has 590 valence electrons. The van der Waals surface area contributed by atoms with E-state index in [0.717, 1.165) is 115 Å². The number of allylic oxidation sites excluding steroid dienone is 4. The van der Waals surface area contributed by atoms with Crippen LogP contribution in [0.1, 0.15) is 407 Å². The van der Waals surface area contributed by atoms with E-state index in [0.29, 0.717) is 25.7 Å². The highest BCUT2D eigenvalue weighted by atomic mass is 31.2. The highest BCUT2D eigenvalue weighted by Crippen LogP contribution is 2.45. The molecular formula is C81H154O17P2. The van der Waals surface area contributed by atoms with E-state index in [-0.39, 0.29) is 25.7 Å². The number of rotatable bonds is 79. The Labute approximate surface area is 612 Å². The molecule has 0 radical (unpaired) electrons. The molecule has 0 aromatic carbocycles. The van der Waals surface area contributed by atoms with Gasteiger partial charge >= 0.3 is 39.5 Å². The summed E-state index contributed by atoms with van der Waals surface area (Å²) in [5.74, 6) is -1.36. The van der Waals surface area contributed by atoms with Crippen molar-refractivity contribution < 1.29 is 80.2 Å². The first-order valence-electron chi connectivity index (χ1n) is 41.5. The van der Waals surface area contributed by atoms with Gasteiger partial charge in [0.1, 0.15) is 19.3 Å². The second-order valence-corrected chi connectivity index (χ2v) is 31.6. The molecule has 6 atom stereocenters. The maximum absolute atomic E-state index is 13.1. The number of carbonyl (C=O) groups excluding carboxylic acids is 4. The van der Waals surface area contributed by atoms with E-state index in [2.05, 4.69) is 58.9 Å². The van der Waals surface area contributed by atoms with Gasteiger partial charge in [0, 0.05) is 25.7 Å². The number of phosphoric acid groups is 2. The molecule has 0 saturated carbocycles. The molecule has 3 unspecified atom stereocenters. The summed E-state index contributed by atoms with van der Waals surface area (Å²) in [6.45, 7) is 7.27. The van der Waals surface area contributed by atoms with E-state index in [9.17, 15) is 43.2 Å². The maximum atomic E-state index is 13.1. The Kier molecular flexibility index (Phi) is 71.6. The summed E-state index contributed by atoms with van der Waals surface area (Å²) >= 11 is 0. The monoisotopic (exact) mass is 1460 g/mol. The summed E-state index contributed by atoms with van der Waals surface area (Å²) in [6.07, 6.45) is 67.2. The third-order valence-electron chi connectivity index (χ3n) is 18.8. The highest BCUT2D eigenvalue weighted by molar-refractivity contribution is 7.47. The van der Waals surface area contributed by atoms with Crippen LogP contribution in [-0.2, 0) is 65.4 Å². The predicted molar refractivity (Wildman–Crippen MR) is 409 cm³/mol. The van der Waals surface area contributed by atoms with Gasteiger partial charge in [0.25, 0.3) is 0 Å².